The maximum absolute atomic E-state index is 10.5. The number of hydrogen-bond acceptors (Lipinski definition) is 2. The van der Waals surface area contributed by atoms with Crippen molar-refractivity contribution in [2.75, 3.05) is 20.1 Å². The molecule has 0 bridgehead atoms. The number of likely N-dealkylation sites (tertiary alicyclic amines) is 1. The predicted molar refractivity (Wildman–Crippen MR) is 61.9 cm³/mol. The molecule has 0 aliphatic carbocycles. The van der Waals surface area contributed by atoms with Gasteiger partial charge in [0.1, 0.15) is 5.60 Å². The molecule has 0 spiro atoms. The maximum atomic E-state index is 10.5. The number of β-amino-alcohol motifs (C(OH)–C–C–N with tert-alkyl or cyclic N) is 1. The highest BCUT2D eigenvalue weighted by Crippen LogP contribution is 2.32. The van der Waals surface area contributed by atoms with E-state index in [4.69, 9.17) is 0 Å². The average molecular weight is 205 g/mol. The average Bonchev–Trinajstić information content (AvgIpc) is 2.46. The summed E-state index contributed by atoms with van der Waals surface area (Å²) >= 11 is 0. The van der Waals surface area contributed by atoms with Crippen LogP contribution < -0.4 is 0 Å². The normalized spacial score (nSPS) is 27.2. The summed E-state index contributed by atoms with van der Waals surface area (Å²) in [7, 11) is 2.06. The zero-order valence-corrected chi connectivity index (χ0v) is 9.75. The fraction of sp³-hybridized carbons (Fsp3) is 0.538. The smallest absolute Gasteiger partial charge is 0.103 e. The molecule has 0 aromatic heterocycles. The Morgan fingerprint density at radius 2 is 1.80 bits per heavy atom. The summed E-state index contributed by atoms with van der Waals surface area (Å²) in [5.41, 5.74) is 2.90. The van der Waals surface area contributed by atoms with Gasteiger partial charge in [-0.05, 0) is 32.9 Å². The van der Waals surface area contributed by atoms with Crippen molar-refractivity contribution in [2.45, 2.75) is 25.9 Å². The zero-order valence-electron chi connectivity index (χ0n) is 9.75. The molecule has 1 unspecified atom stereocenters. The van der Waals surface area contributed by atoms with Crippen molar-refractivity contribution in [3.63, 3.8) is 0 Å². The van der Waals surface area contributed by atoms with Gasteiger partial charge in [0.15, 0.2) is 0 Å². The maximum Gasteiger partial charge on any atom is 0.103 e. The number of aryl methyl sites for hydroxylation is 2. The van der Waals surface area contributed by atoms with Gasteiger partial charge in [0.05, 0.1) is 0 Å². The molecule has 15 heavy (non-hydrogen) atoms. The van der Waals surface area contributed by atoms with E-state index in [9.17, 15) is 5.11 Å². The molecule has 2 heteroatoms. The van der Waals surface area contributed by atoms with Crippen LogP contribution in [-0.2, 0) is 5.60 Å². The molecule has 1 atom stereocenters. The minimum atomic E-state index is -0.633. The summed E-state index contributed by atoms with van der Waals surface area (Å²) in [5, 5.41) is 10.5. The van der Waals surface area contributed by atoms with E-state index < -0.39 is 5.60 Å². The fourth-order valence-corrected chi connectivity index (χ4v) is 2.46. The van der Waals surface area contributed by atoms with Gasteiger partial charge in [-0.3, -0.25) is 0 Å². The lowest BCUT2D eigenvalue weighted by Crippen LogP contribution is -2.29. The second-order valence-electron chi connectivity index (χ2n) is 4.90. The topological polar surface area (TPSA) is 23.5 Å². The number of hydrogen-bond donors (Lipinski definition) is 1. The van der Waals surface area contributed by atoms with Crippen molar-refractivity contribution in [1.29, 1.82) is 0 Å². The van der Waals surface area contributed by atoms with Crippen LogP contribution >= 0.6 is 0 Å². The number of nitrogens with zero attached hydrogens (tertiary/aromatic N) is 1. The molecule has 1 saturated heterocycles. The number of likely N-dealkylation sites (N-methyl/N-ethyl adjacent to an activating group) is 1. The van der Waals surface area contributed by atoms with Crippen LogP contribution in [0.5, 0.6) is 0 Å². The van der Waals surface area contributed by atoms with Gasteiger partial charge in [-0.1, -0.05) is 29.3 Å². The van der Waals surface area contributed by atoms with E-state index in [1.165, 1.54) is 11.1 Å². The van der Waals surface area contributed by atoms with Gasteiger partial charge in [-0.25, -0.2) is 0 Å². The lowest BCUT2D eigenvalue weighted by atomic mass is 9.90. The molecule has 1 heterocycles. The van der Waals surface area contributed by atoms with Crippen molar-refractivity contribution < 1.29 is 5.11 Å². The van der Waals surface area contributed by atoms with Gasteiger partial charge in [0, 0.05) is 13.1 Å². The SMILES string of the molecule is Cc1cc(C)cc(C2(O)CCN(C)C2)c1. The number of benzene rings is 1. The van der Waals surface area contributed by atoms with Gasteiger partial charge in [-0.2, -0.15) is 0 Å². The molecule has 1 aliphatic heterocycles. The third kappa shape index (κ3) is 2.06. The Bertz CT molecular complexity index is 355. The minimum Gasteiger partial charge on any atom is -0.384 e. The first-order valence-corrected chi connectivity index (χ1v) is 5.49. The van der Waals surface area contributed by atoms with Gasteiger partial charge in [-0.15, -0.1) is 0 Å². The van der Waals surface area contributed by atoms with Crippen LogP contribution in [0.1, 0.15) is 23.1 Å². The first-order chi connectivity index (χ1) is 6.99. The quantitative estimate of drug-likeness (QED) is 0.756. The van der Waals surface area contributed by atoms with Crippen molar-refractivity contribution in [3.8, 4) is 0 Å². The lowest BCUT2D eigenvalue weighted by Gasteiger charge is -2.24. The summed E-state index contributed by atoms with van der Waals surface area (Å²) < 4.78 is 0. The van der Waals surface area contributed by atoms with Gasteiger partial charge in [0.2, 0.25) is 0 Å². The van der Waals surface area contributed by atoms with Crippen LogP contribution in [0.4, 0.5) is 0 Å². The second kappa shape index (κ2) is 3.62. The van der Waals surface area contributed by atoms with Crippen molar-refractivity contribution in [3.05, 3.63) is 34.9 Å². The first-order valence-electron chi connectivity index (χ1n) is 5.49. The van der Waals surface area contributed by atoms with Crippen LogP contribution in [0.15, 0.2) is 18.2 Å². The highest BCUT2D eigenvalue weighted by atomic mass is 16.3. The van der Waals surface area contributed by atoms with Crippen molar-refractivity contribution in [2.24, 2.45) is 0 Å². The molecule has 1 aromatic rings. The first kappa shape index (κ1) is 10.7. The summed E-state index contributed by atoms with van der Waals surface area (Å²) in [6, 6.07) is 6.35. The molecule has 1 N–H and O–H groups in total. The summed E-state index contributed by atoms with van der Waals surface area (Å²) in [6.07, 6.45) is 0.840. The third-order valence-electron chi connectivity index (χ3n) is 3.20. The molecule has 1 aliphatic rings. The molecular weight excluding hydrogens is 186 g/mol. The lowest BCUT2D eigenvalue weighted by molar-refractivity contribution is 0.0488. The van der Waals surface area contributed by atoms with Gasteiger partial charge >= 0.3 is 0 Å². The van der Waals surface area contributed by atoms with Crippen molar-refractivity contribution in [1.82, 2.24) is 4.90 Å². The predicted octanol–water partition coefficient (Wildman–Crippen LogP) is 1.83. The second-order valence-corrected chi connectivity index (χ2v) is 4.90. The Labute approximate surface area is 91.5 Å². The molecule has 82 valence electrons. The Morgan fingerprint density at radius 3 is 2.27 bits per heavy atom. The van der Waals surface area contributed by atoms with Gasteiger partial charge < -0.3 is 10.0 Å². The molecule has 2 nitrogen and oxygen atoms in total. The Hall–Kier alpha value is -0.860. The molecule has 0 saturated carbocycles. The fourth-order valence-electron chi connectivity index (χ4n) is 2.46. The van der Waals surface area contributed by atoms with E-state index in [0.717, 1.165) is 25.1 Å². The number of rotatable bonds is 1. The Morgan fingerprint density at radius 1 is 1.20 bits per heavy atom. The molecule has 1 aromatic carbocycles. The van der Waals surface area contributed by atoms with E-state index in [1.54, 1.807) is 0 Å². The highest BCUT2D eigenvalue weighted by molar-refractivity contribution is 5.33. The van der Waals surface area contributed by atoms with E-state index in [-0.39, 0.29) is 0 Å². The minimum absolute atomic E-state index is 0.633. The zero-order chi connectivity index (χ0) is 11.1. The summed E-state index contributed by atoms with van der Waals surface area (Å²) in [4.78, 5) is 2.18. The van der Waals surface area contributed by atoms with Gasteiger partial charge in [0.25, 0.3) is 0 Å². The number of aliphatic hydroxyl groups is 1. The molecular formula is C13H19NO. The Balaban J connectivity index is 2.36. The van der Waals surface area contributed by atoms with Crippen LogP contribution in [0.3, 0.4) is 0 Å². The summed E-state index contributed by atoms with van der Waals surface area (Å²) in [6.45, 7) is 5.89. The van der Waals surface area contributed by atoms with Crippen LogP contribution in [0, 0.1) is 13.8 Å². The highest BCUT2D eigenvalue weighted by Gasteiger charge is 2.36. The van der Waals surface area contributed by atoms with Crippen LogP contribution in [0.25, 0.3) is 0 Å². The van der Waals surface area contributed by atoms with E-state index in [2.05, 4.69) is 44.0 Å². The molecule has 0 amide bonds. The van der Waals surface area contributed by atoms with E-state index in [1.807, 2.05) is 0 Å². The summed E-state index contributed by atoms with van der Waals surface area (Å²) in [5.74, 6) is 0. The molecule has 2 rings (SSSR count). The van der Waals surface area contributed by atoms with Crippen LogP contribution in [0.2, 0.25) is 0 Å². The largest absolute Gasteiger partial charge is 0.384 e. The standard InChI is InChI=1S/C13H19NO/c1-10-6-11(2)8-12(7-10)13(15)4-5-14(3)9-13/h6-8,15H,4-5,9H2,1-3H3. The van der Waals surface area contributed by atoms with E-state index in [0.29, 0.717) is 0 Å². The molecule has 1 fully saturated rings. The van der Waals surface area contributed by atoms with Crippen molar-refractivity contribution >= 4 is 0 Å². The molecule has 0 radical (unpaired) electrons. The monoisotopic (exact) mass is 205 g/mol. The van der Waals surface area contributed by atoms with E-state index >= 15 is 0 Å². The Kier molecular flexibility index (Phi) is 2.57. The third-order valence-corrected chi connectivity index (χ3v) is 3.20. The van der Waals surface area contributed by atoms with Crippen LogP contribution in [-0.4, -0.2) is 30.1 Å².